The number of fused-ring (bicyclic) bond motifs is 1. The van der Waals surface area contributed by atoms with Crippen LogP contribution in [-0.2, 0) is 0 Å². The predicted octanol–water partition coefficient (Wildman–Crippen LogP) is -0.256. The van der Waals surface area contributed by atoms with Crippen molar-refractivity contribution < 1.29 is 10.0 Å². The normalized spacial score (nSPS) is 9.93. The summed E-state index contributed by atoms with van der Waals surface area (Å²) in [5.41, 5.74) is 1.99. The Hall–Kier alpha value is -1.04. The van der Waals surface area contributed by atoms with Crippen LogP contribution in [0.5, 0.6) is 0 Å². The maximum atomic E-state index is 9.07. The smallest absolute Gasteiger partial charge is 0.423 e. The molecule has 0 unspecified atom stereocenters. The molecule has 0 radical (unpaired) electrons. The number of hydrogen-bond acceptors (Lipinski definition) is 3. The summed E-state index contributed by atoms with van der Waals surface area (Å²) in [5, 5.41) is 18.1. The highest BCUT2D eigenvalue weighted by Crippen LogP contribution is 2.01. The zero-order chi connectivity index (χ0) is 9.42. The quantitative estimate of drug-likeness (QED) is 0.641. The van der Waals surface area contributed by atoms with Crippen LogP contribution < -0.4 is 5.46 Å². The fourth-order valence-corrected chi connectivity index (χ4v) is 1.40. The minimum Gasteiger partial charge on any atom is -0.423 e. The Morgan fingerprint density at radius 2 is 2.14 bits per heavy atom. The Bertz CT molecular complexity index is 444. The molecule has 2 aromatic rings. The number of aryl methyl sites for hydroxylation is 1. The largest absolute Gasteiger partial charge is 0.492 e. The van der Waals surface area contributed by atoms with Gasteiger partial charge in [0.1, 0.15) is 5.65 Å². The van der Waals surface area contributed by atoms with Crippen molar-refractivity contribution in [3.63, 3.8) is 0 Å². The lowest BCUT2D eigenvalue weighted by Gasteiger charge is -2.03. The summed E-state index contributed by atoms with van der Waals surface area (Å²) in [6.07, 6.45) is 5.28. The SMILES string of the molecule is Cc1cc(B(O)O)c2nccn2c1.Cl. The molecule has 0 saturated heterocycles. The third-order valence-electron chi connectivity index (χ3n) is 1.93. The highest BCUT2D eigenvalue weighted by molar-refractivity contribution is 6.60. The van der Waals surface area contributed by atoms with Gasteiger partial charge in [-0.2, -0.15) is 0 Å². The third-order valence-corrected chi connectivity index (χ3v) is 1.93. The van der Waals surface area contributed by atoms with Crippen LogP contribution >= 0.6 is 12.4 Å². The van der Waals surface area contributed by atoms with Crippen LogP contribution in [0.25, 0.3) is 5.65 Å². The first-order valence-electron chi connectivity index (χ1n) is 3.98. The highest BCUT2D eigenvalue weighted by Gasteiger charge is 2.16. The summed E-state index contributed by atoms with van der Waals surface area (Å²) in [6.45, 7) is 1.89. The van der Waals surface area contributed by atoms with Crippen molar-refractivity contribution in [2.24, 2.45) is 0 Å². The van der Waals surface area contributed by atoms with Gasteiger partial charge in [0, 0.05) is 24.1 Å². The van der Waals surface area contributed by atoms with Gasteiger partial charge in [-0.05, 0) is 12.5 Å². The molecule has 4 nitrogen and oxygen atoms in total. The molecule has 0 aliphatic heterocycles. The third kappa shape index (κ3) is 1.75. The van der Waals surface area contributed by atoms with Crippen molar-refractivity contribution in [3.05, 3.63) is 30.2 Å². The minimum absolute atomic E-state index is 0. The second-order valence-electron chi connectivity index (χ2n) is 3.00. The van der Waals surface area contributed by atoms with Crippen LogP contribution in [-0.4, -0.2) is 26.6 Å². The van der Waals surface area contributed by atoms with Crippen molar-refractivity contribution in [2.45, 2.75) is 6.92 Å². The first-order chi connectivity index (χ1) is 6.18. The first-order valence-corrected chi connectivity index (χ1v) is 3.98. The Morgan fingerprint density at radius 3 is 2.79 bits per heavy atom. The number of pyridine rings is 1. The van der Waals surface area contributed by atoms with Gasteiger partial charge < -0.3 is 14.4 Å². The number of imidazole rings is 1. The van der Waals surface area contributed by atoms with E-state index >= 15 is 0 Å². The van der Waals surface area contributed by atoms with Gasteiger partial charge in [0.2, 0.25) is 0 Å². The molecule has 14 heavy (non-hydrogen) atoms. The lowest BCUT2D eigenvalue weighted by atomic mass is 9.80. The van der Waals surface area contributed by atoms with E-state index < -0.39 is 7.12 Å². The summed E-state index contributed by atoms with van der Waals surface area (Å²) in [7, 11) is -1.47. The van der Waals surface area contributed by atoms with E-state index in [-0.39, 0.29) is 12.4 Å². The topological polar surface area (TPSA) is 57.8 Å². The van der Waals surface area contributed by atoms with E-state index in [1.54, 1.807) is 22.9 Å². The first kappa shape index (κ1) is 11.0. The number of aromatic nitrogens is 2. The molecule has 0 atom stereocenters. The average molecular weight is 212 g/mol. The Morgan fingerprint density at radius 1 is 1.43 bits per heavy atom. The van der Waals surface area contributed by atoms with Crippen molar-refractivity contribution in [1.29, 1.82) is 0 Å². The molecular formula is C8H10BClN2O2. The van der Waals surface area contributed by atoms with Gasteiger partial charge in [0.15, 0.2) is 0 Å². The van der Waals surface area contributed by atoms with Gasteiger partial charge in [0.05, 0.1) is 0 Å². The lowest BCUT2D eigenvalue weighted by Crippen LogP contribution is -2.32. The molecule has 0 bridgehead atoms. The van der Waals surface area contributed by atoms with Gasteiger partial charge in [-0.3, -0.25) is 0 Å². The summed E-state index contributed by atoms with van der Waals surface area (Å²) in [6, 6.07) is 1.72. The zero-order valence-corrected chi connectivity index (χ0v) is 8.40. The van der Waals surface area contributed by atoms with Gasteiger partial charge in [-0.15, -0.1) is 12.4 Å². The van der Waals surface area contributed by atoms with Gasteiger partial charge in [-0.25, -0.2) is 4.98 Å². The van der Waals surface area contributed by atoms with E-state index in [9.17, 15) is 0 Å². The van der Waals surface area contributed by atoms with Crippen LogP contribution in [0.2, 0.25) is 0 Å². The standard InChI is InChI=1S/C8H9BN2O2.ClH/c1-6-4-7(9(12)13)8-10-2-3-11(8)5-6;/h2-5,12-13H,1H3;1H. The Kier molecular flexibility index (Phi) is 3.15. The summed E-state index contributed by atoms with van der Waals surface area (Å²) in [4.78, 5) is 4.02. The van der Waals surface area contributed by atoms with Crippen molar-refractivity contribution >= 4 is 30.6 Å². The molecule has 2 aromatic heterocycles. The van der Waals surface area contributed by atoms with Crippen molar-refractivity contribution in [2.75, 3.05) is 0 Å². The molecule has 2 rings (SSSR count). The van der Waals surface area contributed by atoms with E-state index in [0.29, 0.717) is 11.1 Å². The highest BCUT2D eigenvalue weighted by atomic mass is 35.5. The molecule has 0 spiro atoms. The van der Waals surface area contributed by atoms with Crippen LogP contribution in [0.3, 0.4) is 0 Å². The van der Waals surface area contributed by atoms with Gasteiger partial charge >= 0.3 is 7.12 Å². The molecule has 0 fully saturated rings. The van der Waals surface area contributed by atoms with Gasteiger partial charge in [0.25, 0.3) is 0 Å². The number of hydrogen-bond donors (Lipinski definition) is 2. The van der Waals surface area contributed by atoms with Crippen LogP contribution in [0, 0.1) is 6.92 Å². The maximum absolute atomic E-state index is 9.07. The second kappa shape index (κ2) is 4.00. The molecule has 2 heterocycles. The number of halogens is 1. The molecule has 0 aliphatic rings. The van der Waals surface area contributed by atoms with E-state index in [0.717, 1.165) is 5.56 Å². The Balaban J connectivity index is 0.000000980. The van der Waals surface area contributed by atoms with Crippen LogP contribution in [0.15, 0.2) is 24.7 Å². The zero-order valence-electron chi connectivity index (χ0n) is 7.58. The molecule has 74 valence electrons. The molecule has 2 N–H and O–H groups in total. The molecular weight excluding hydrogens is 202 g/mol. The monoisotopic (exact) mass is 212 g/mol. The summed E-state index contributed by atoms with van der Waals surface area (Å²) >= 11 is 0. The summed E-state index contributed by atoms with van der Waals surface area (Å²) in [5.74, 6) is 0. The average Bonchev–Trinajstić information content (AvgIpc) is 2.49. The predicted molar refractivity (Wildman–Crippen MR) is 57.0 cm³/mol. The fraction of sp³-hybridized carbons (Fsp3) is 0.125. The fourth-order valence-electron chi connectivity index (χ4n) is 1.40. The van der Waals surface area contributed by atoms with E-state index in [1.807, 2.05) is 13.1 Å². The number of rotatable bonds is 1. The second-order valence-corrected chi connectivity index (χ2v) is 3.00. The minimum atomic E-state index is -1.47. The molecule has 0 amide bonds. The van der Waals surface area contributed by atoms with Crippen molar-refractivity contribution in [1.82, 2.24) is 9.38 Å². The maximum Gasteiger partial charge on any atom is 0.492 e. The molecule has 0 aliphatic carbocycles. The van der Waals surface area contributed by atoms with Crippen molar-refractivity contribution in [3.8, 4) is 0 Å². The molecule has 0 saturated carbocycles. The van der Waals surface area contributed by atoms with E-state index in [1.165, 1.54) is 0 Å². The van der Waals surface area contributed by atoms with Gasteiger partial charge in [-0.1, -0.05) is 6.07 Å². The molecule has 6 heteroatoms. The summed E-state index contributed by atoms with van der Waals surface area (Å²) < 4.78 is 1.77. The van der Waals surface area contributed by atoms with E-state index in [4.69, 9.17) is 10.0 Å². The lowest BCUT2D eigenvalue weighted by molar-refractivity contribution is 0.426. The van der Waals surface area contributed by atoms with E-state index in [2.05, 4.69) is 4.98 Å². The van der Waals surface area contributed by atoms with Crippen LogP contribution in [0.1, 0.15) is 5.56 Å². The van der Waals surface area contributed by atoms with Crippen LogP contribution in [0.4, 0.5) is 0 Å². The Labute approximate surface area is 87.8 Å². The molecule has 0 aromatic carbocycles. The number of nitrogens with zero attached hydrogens (tertiary/aromatic N) is 2.